The highest BCUT2D eigenvalue weighted by molar-refractivity contribution is 9.10. The van der Waals surface area contributed by atoms with E-state index >= 15 is 0 Å². The first kappa shape index (κ1) is 15.0. The molecule has 0 amide bonds. The average molecular weight is 329 g/mol. The Balaban J connectivity index is 2.20. The Morgan fingerprint density at radius 1 is 1.42 bits per heavy atom. The van der Waals surface area contributed by atoms with Crippen LogP contribution in [-0.4, -0.2) is 14.9 Å². The molecule has 108 valence electrons. The van der Waals surface area contributed by atoms with E-state index in [9.17, 15) is 5.11 Å². The number of rotatable bonds is 4. The molecule has 1 fully saturated rings. The molecule has 1 aliphatic carbocycles. The number of aryl methyl sites for hydroxylation is 1. The van der Waals surface area contributed by atoms with Crippen molar-refractivity contribution in [3.63, 3.8) is 0 Å². The van der Waals surface area contributed by atoms with Crippen molar-refractivity contribution in [2.24, 2.45) is 5.92 Å². The lowest BCUT2D eigenvalue weighted by atomic mass is 9.89. The Hall–Kier alpha value is -0.350. The summed E-state index contributed by atoms with van der Waals surface area (Å²) in [5, 5.41) is 15.4. The first-order valence-corrected chi connectivity index (χ1v) is 8.34. The zero-order valence-electron chi connectivity index (χ0n) is 12.0. The van der Waals surface area contributed by atoms with Gasteiger partial charge in [-0.15, -0.1) is 0 Å². The van der Waals surface area contributed by atoms with Gasteiger partial charge in [0.1, 0.15) is 5.60 Å². The highest BCUT2D eigenvalue weighted by atomic mass is 79.9. The van der Waals surface area contributed by atoms with Gasteiger partial charge < -0.3 is 5.11 Å². The van der Waals surface area contributed by atoms with Crippen LogP contribution in [0.25, 0.3) is 0 Å². The molecule has 1 aromatic rings. The van der Waals surface area contributed by atoms with Gasteiger partial charge in [-0.3, -0.25) is 4.68 Å². The molecule has 19 heavy (non-hydrogen) atoms. The number of nitrogens with zero attached hydrogens (tertiary/aromatic N) is 2. The molecule has 0 aliphatic heterocycles. The number of hydrogen-bond acceptors (Lipinski definition) is 2. The van der Waals surface area contributed by atoms with E-state index in [1.165, 1.54) is 19.3 Å². The molecule has 0 saturated heterocycles. The van der Waals surface area contributed by atoms with E-state index < -0.39 is 5.60 Å². The fraction of sp³-hybridized carbons (Fsp3) is 0.800. The van der Waals surface area contributed by atoms with E-state index in [1.54, 1.807) is 0 Å². The van der Waals surface area contributed by atoms with E-state index in [-0.39, 0.29) is 0 Å². The van der Waals surface area contributed by atoms with Crippen molar-refractivity contribution in [1.29, 1.82) is 0 Å². The van der Waals surface area contributed by atoms with Crippen LogP contribution >= 0.6 is 15.9 Å². The van der Waals surface area contributed by atoms with Gasteiger partial charge in [-0.25, -0.2) is 0 Å². The van der Waals surface area contributed by atoms with Crippen LogP contribution in [0.5, 0.6) is 0 Å². The van der Waals surface area contributed by atoms with Crippen LogP contribution in [0.2, 0.25) is 0 Å². The van der Waals surface area contributed by atoms with Gasteiger partial charge in [0, 0.05) is 6.54 Å². The second-order valence-electron chi connectivity index (χ2n) is 5.77. The molecular weight excluding hydrogens is 304 g/mol. The van der Waals surface area contributed by atoms with Gasteiger partial charge in [0.15, 0.2) is 0 Å². The first-order valence-electron chi connectivity index (χ1n) is 7.55. The summed E-state index contributed by atoms with van der Waals surface area (Å²) in [5.41, 5.74) is 0.278. The largest absolute Gasteiger partial charge is 0.384 e. The third-order valence-electron chi connectivity index (χ3n) is 4.40. The number of aliphatic hydroxyl groups is 1. The average Bonchev–Trinajstić information content (AvgIpc) is 2.67. The Bertz CT molecular complexity index is 418. The highest BCUT2D eigenvalue weighted by Crippen LogP contribution is 2.41. The Morgan fingerprint density at radius 2 is 2.21 bits per heavy atom. The highest BCUT2D eigenvalue weighted by Gasteiger charge is 2.36. The van der Waals surface area contributed by atoms with Crippen molar-refractivity contribution in [1.82, 2.24) is 9.78 Å². The van der Waals surface area contributed by atoms with Gasteiger partial charge in [-0.05, 0) is 54.5 Å². The summed E-state index contributed by atoms with van der Waals surface area (Å²) in [6.45, 7) is 5.13. The second-order valence-corrected chi connectivity index (χ2v) is 6.63. The fourth-order valence-corrected chi connectivity index (χ4v) is 4.06. The van der Waals surface area contributed by atoms with E-state index in [2.05, 4.69) is 34.9 Å². The smallest absolute Gasteiger partial charge is 0.107 e. The van der Waals surface area contributed by atoms with Crippen molar-refractivity contribution in [3.05, 3.63) is 16.4 Å². The van der Waals surface area contributed by atoms with Gasteiger partial charge in [-0.2, -0.15) is 5.10 Å². The lowest BCUT2D eigenvalue weighted by molar-refractivity contribution is 0.0102. The fourth-order valence-electron chi connectivity index (χ4n) is 3.39. The Labute approximate surface area is 124 Å². The molecule has 1 N–H and O–H groups in total. The number of halogens is 1. The lowest BCUT2D eigenvalue weighted by Crippen LogP contribution is -2.29. The number of hydrogen-bond donors (Lipinski definition) is 1. The summed E-state index contributed by atoms with van der Waals surface area (Å²) in [5.74, 6) is 0.788. The Kier molecular flexibility index (Phi) is 5.07. The molecule has 4 heteroatoms. The maximum atomic E-state index is 11.1. The molecule has 2 rings (SSSR count). The summed E-state index contributed by atoms with van der Waals surface area (Å²) in [4.78, 5) is 0. The van der Waals surface area contributed by atoms with Crippen molar-refractivity contribution < 1.29 is 5.11 Å². The molecule has 1 heterocycles. The van der Waals surface area contributed by atoms with E-state index in [4.69, 9.17) is 0 Å². The molecule has 0 spiro atoms. The van der Waals surface area contributed by atoms with Crippen LogP contribution in [0.1, 0.15) is 64.5 Å². The van der Waals surface area contributed by atoms with Crippen molar-refractivity contribution >= 4 is 15.9 Å². The zero-order chi connectivity index (χ0) is 13.9. The van der Waals surface area contributed by atoms with E-state index in [0.29, 0.717) is 0 Å². The van der Waals surface area contributed by atoms with Crippen LogP contribution in [0.15, 0.2) is 10.7 Å². The zero-order valence-corrected chi connectivity index (χ0v) is 13.6. The van der Waals surface area contributed by atoms with Gasteiger partial charge in [0.25, 0.3) is 0 Å². The Morgan fingerprint density at radius 3 is 2.89 bits per heavy atom. The molecule has 1 aromatic heterocycles. The quantitative estimate of drug-likeness (QED) is 0.839. The molecule has 2 atom stereocenters. The standard InChI is InChI=1S/C15H25BrN2O/c1-3-6-12-7-5-9-15(19,10-8-12)14-13(16)11-17-18(14)4-2/h11-12,19H,3-10H2,1-2H3. The van der Waals surface area contributed by atoms with Gasteiger partial charge in [0.2, 0.25) is 0 Å². The molecule has 2 unspecified atom stereocenters. The molecule has 0 bridgehead atoms. The first-order chi connectivity index (χ1) is 9.10. The SMILES string of the molecule is CCCC1CCCC(O)(c2c(Br)cnn2CC)CC1. The third kappa shape index (κ3) is 3.22. The normalized spacial score (nSPS) is 28.3. The number of aromatic nitrogens is 2. The minimum absolute atomic E-state index is 0.701. The summed E-state index contributed by atoms with van der Waals surface area (Å²) in [6.07, 6.45) is 9.58. The molecule has 1 aliphatic rings. The van der Waals surface area contributed by atoms with Crippen molar-refractivity contribution in [3.8, 4) is 0 Å². The maximum absolute atomic E-state index is 11.1. The minimum atomic E-state index is -0.701. The van der Waals surface area contributed by atoms with Gasteiger partial charge >= 0.3 is 0 Å². The summed E-state index contributed by atoms with van der Waals surface area (Å²) in [6, 6.07) is 0. The van der Waals surface area contributed by atoms with Crippen LogP contribution in [0.4, 0.5) is 0 Å². The lowest BCUT2D eigenvalue weighted by Gasteiger charge is -2.28. The predicted octanol–water partition coefficient (Wildman–Crippen LogP) is 4.23. The van der Waals surface area contributed by atoms with Gasteiger partial charge in [-0.1, -0.05) is 26.2 Å². The predicted molar refractivity (Wildman–Crippen MR) is 81.0 cm³/mol. The van der Waals surface area contributed by atoms with E-state index in [1.807, 2.05) is 10.9 Å². The van der Waals surface area contributed by atoms with Crippen LogP contribution < -0.4 is 0 Å². The molecule has 3 nitrogen and oxygen atoms in total. The monoisotopic (exact) mass is 328 g/mol. The van der Waals surface area contributed by atoms with E-state index in [0.717, 1.165) is 48.3 Å². The van der Waals surface area contributed by atoms with Gasteiger partial charge in [0.05, 0.1) is 16.4 Å². The third-order valence-corrected chi connectivity index (χ3v) is 4.98. The van der Waals surface area contributed by atoms with Crippen LogP contribution in [0.3, 0.4) is 0 Å². The summed E-state index contributed by atoms with van der Waals surface area (Å²) >= 11 is 3.56. The van der Waals surface area contributed by atoms with Crippen molar-refractivity contribution in [2.75, 3.05) is 0 Å². The minimum Gasteiger partial charge on any atom is -0.384 e. The molecule has 0 radical (unpaired) electrons. The molecular formula is C15H25BrN2O. The molecule has 0 aromatic carbocycles. The second kappa shape index (κ2) is 6.40. The topological polar surface area (TPSA) is 38.1 Å². The summed E-state index contributed by atoms with van der Waals surface area (Å²) < 4.78 is 2.88. The van der Waals surface area contributed by atoms with Crippen molar-refractivity contribution in [2.45, 2.75) is 70.9 Å². The molecule has 1 saturated carbocycles. The maximum Gasteiger partial charge on any atom is 0.107 e. The van der Waals surface area contributed by atoms with Crippen LogP contribution in [-0.2, 0) is 12.1 Å². The van der Waals surface area contributed by atoms with Crippen LogP contribution in [0, 0.1) is 5.92 Å². The summed E-state index contributed by atoms with van der Waals surface area (Å²) in [7, 11) is 0.